The van der Waals surface area contributed by atoms with E-state index in [-0.39, 0.29) is 18.7 Å². The first-order valence-electron chi connectivity index (χ1n) is 11.2. The van der Waals surface area contributed by atoms with E-state index in [0.717, 1.165) is 55.2 Å². The molecule has 1 amide bonds. The number of carbonyl (C=O) groups excluding carboxylic acids is 1. The zero-order valence-electron chi connectivity index (χ0n) is 19.5. The molecule has 1 aliphatic heterocycles. The van der Waals surface area contributed by atoms with E-state index in [9.17, 15) is 18.0 Å². The third-order valence-electron chi connectivity index (χ3n) is 5.94. The Balaban J connectivity index is 1.96. The van der Waals surface area contributed by atoms with Crippen LogP contribution < -0.4 is 10.6 Å². The number of aryl methyl sites for hydroxylation is 1. The molecule has 0 bridgehead atoms. The first-order valence-corrected chi connectivity index (χ1v) is 11.2. The third kappa shape index (κ3) is 8.82. The minimum atomic E-state index is -4.25. The lowest BCUT2D eigenvalue weighted by Crippen LogP contribution is -2.41. The Hall–Kier alpha value is -2.06. The van der Waals surface area contributed by atoms with Gasteiger partial charge < -0.3 is 15.4 Å². The van der Waals surface area contributed by atoms with E-state index in [1.54, 1.807) is 0 Å². The number of hydrogen-bond donors (Lipinski definition) is 2. The molecule has 1 saturated heterocycles. The van der Waals surface area contributed by atoms with Crippen LogP contribution in [-0.2, 0) is 9.53 Å². The average Bonchev–Trinajstić information content (AvgIpc) is 2.73. The van der Waals surface area contributed by atoms with Crippen molar-refractivity contribution in [2.75, 3.05) is 39.4 Å². The van der Waals surface area contributed by atoms with Gasteiger partial charge in [0, 0.05) is 38.3 Å². The molecular formula is C24H36F3N3O2. The molecule has 2 unspecified atom stereocenters. The first-order chi connectivity index (χ1) is 15.1. The van der Waals surface area contributed by atoms with Crippen LogP contribution in [0, 0.1) is 12.8 Å². The Labute approximate surface area is 189 Å². The lowest BCUT2D eigenvalue weighted by molar-refractivity contribution is -0.172. The van der Waals surface area contributed by atoms with Crippen molar-refractivity contribution >= 4 is 5.91 Å². The molecule has 32 heavy (non-hydrogen) atoms. The Morgan fingerprint density at radius 1 is 1.16 bits per heavy atom. The van der Waals surface area contributed by atoms with Crippen molar-refractivity contribution in [2.24, 2.45) is 5.92 Å². The number of morpholine rings is 1. The molecule has 2 rings (SSSR count). The third-order valence-corrected chi connectivity index (χ3v) is 5.94. The van der Waals surface area contributed by atoms with Gasteiger partial charge in [-0.25, -0.2) is 0 Å². The van der Waals surface area contributed by atoms with Gasteiger partial charge in [-0.1, -0.05) is 36.8 Å². The highest BCUT2D eigenvalue weighted by molar-refractivity contribution is 5.78. The number of carbonyl (C=O) groups is 1. The van der Waals surface area contributed by atoms with Gasteiger partial charge >= 0.3 is 6.18 Å². The Morgan fingerprint density at radius 2 is 1.78 bits per heavy atom. The molecule has 1 aromatic carbocycles. The molecule has 0 aliphatic carbocycles. The zero-order valence-corrected chi connectivity index (χ0v) is 19.5. The van der Waals surface area contributed by atoms with Gasteiger partial charge in [-0.15, -0.1) is 0 Å². The summed E-state index contributed by atoms with van der Waals surface area (Å²) in [6.07, 6.45) is -4.13. The van der Waals surface area contributed by atoms with Crippen LogP contribution in [0.5, 0.6) is 0 Å². The summed E-state index contributed by atoms with van der Waals surface area (Å²) >= 11 is 0. The fourth-order valence-electron chi connectivity index (χ4n) is 3.56. The van der Waals surface area contributed by atoms with Gasteiger partial charge in [0.1, 0.15) is 0 Å². The van der Waals surface area contributed by atoms with E-state index in [4.69, 9.17) is 4.74 Å². The van der Waals surface area contributed by atoms with Gasteiger partial charge in [-0.05, 0) is 38.3 Å². The molecule has 5 nitrogen and oxygen atoms in total. The van der Waals surface area contributed by atoms with Gasteiger partial charge in [0.25, 0.3) is 0 Å². The van der Waals surface area contributed by atoms with Gasteiger partial charge in [-0.2, -0.15) is 13.2 Å². The maximum absolute atomic E-state index is 13.2. The zero-order chi connectivity index (χ0) is 23.7. The number of alkyl halides is 3. The fraction of sp³-hybridized carbons (Fsp3) is 0.625. The average molecular weight is 456 g/mol. The number of benzene rings is 1. The van der Waals surface area contributed by atoms with Crippen LogP contribution in [0.4, 0.5) is 13.2 Å². The predicted molar refractivity (Wildman–Crippen MR) is 120 cm³/mol. The molecule has 0 spiro atoms. The topological polar surface area (TPSA) is 53.6 Å². The van der Waals surface area contributed by atoms with E-state index in [1.165, 1.54) is 6.92 Å². The van der Waals surface area contributed by atoms with E-state index in [0.29, 0.717) is 6.54 Å². The number of nitrogens with zero attached hydrogens (tertiary/aromatic N) is 1. The molecule has 2 N–H and O–H groups in total. The van der Waals surface area contributed by atoms with E-state index in [2.05, 4.69) is 15.5 Å². The van der Waals surface area contributed by atoms with Crippen molar-refractivity contribution < 1.29 is 22.7 Å². The highest BCUT2D eigenvalue weighted by Gasteiger charge is 2.37. The van der Waals surface area contributed by atoms with E-state index < -0.39 is 18.1 Å². The predicted octanol–water partition coefficient (Wildman–Crippen LogP) is 4.35. The van der Waals surface area contributed by atoms with Crippen molar-refractivity contribution in [1.82, 2.24) is 15.5 Å². The molecule has 0 radical (unpaired) electrons. The number of hydrogen-bond acceptors (Lipinski definition) is 4. The quantitative estimate of drug-likeness (QED) is 0.551. The molecule has 1 aromatic rings. The van der Waals surface area contributed by atoms with Crippen LogP contribution in [0.25, 0.3) is 0 Å². The minimum Gasteiger partial charge on any atom is -0.382 e. The standard InChI is InChI=1S/C24H36F3N3O2/c1-17-5-7-21(8-6-17)22(16-19(3)24(25,26)27)29-20(4)18(2)15-23(31)28-9-10-30-11-13-32-14-12-30/h5-8,19,22,29H,9-16H2,1-4H3,(H,28,31)/b20-18+. The van der Waals surface area contributed by atoms with Crippen molar-refractivity contribution in [1.29, 1.82) is 0 Å². The molecule has 0 saturated carbocycles. The largest absolute Gasteiger partial charge is 0.391 e. The summed E-state index contributed by atoms with van der Waals surface area (Å²) < 4.78 is 44.9. The molecule has 1 aliphatic rings. The summed E-state index contributed by atoms with van der Waals surface area (Å²) in [5.74, 6) is -1.54. The molecule has 2 atom stereocenters. The maximum Gasteiger partial charge on any atom is 0.391 e. The van der Waals surface area contributed by atoms with Crippen LogP contribution in [0.1, 0.15) is 50.8 Å². The summed E-state index contributed by atoms with van der Waals surface area (Å²) in [6.45, 7) is 11.3. The summed E-state index contributed by atoms with van der Waals surface area (Å²) in [7, 11) is 0. The van der Waals surface area contributed by atoms with Crippen LogP contribution in [0.15, 0.2) is 35.5 Å². The van der Waals surface area contributed by atoms with Crippen LogP contribution in [0.2, 0.25) is 0 Å². The Kier molecular flexibility index (Phi) is 10.0. The van der Waals surface area contributed by atoms with Gasteiger partial charge in [-0.3, -0.25) is 9.69 Å². The lowest BCUT2D eigenvalue weighted by Gasteiger charge is -2.27. The number of amides is 1. The van der Waals surface area contributed by atoms with Gasteiger partial charge in [0.15, 0.2) is 0 Å². The minimum absolute atomic E-state index is 0.0804. The number of ether oxygens (including phenoxy) is 1. The van der Waals surface area contributed by atoms with Gasteiger partial charge in [0.05, 0.1) is 25.2 Å². The molecule has 8 heteroatoms. The maximum atomic E-state index is 13.2. The second kappa shape index (κ2) is 12.3. The monoisotopic (exact) mass is 455 g/mol. The highest BCUT2D eigenvalue weighted by atomic mass is 19.4. The highest BCUT2D eigenvalue weighted by Crippen LogP contribution is 2.34. The van der Waals surface area contributed by atoms with Crippen molar-refractivity contribution in [2.45, 2.75) is 52.8 Å². The number of nitrogens with one attached hydrogen (secondary N) is 2. The smallest absolute Gasteiger partial charge is 0.382 e. The SMILES string of the molecule is C/C(CC(=O)NCCN1CCOCC1)=C(/C)NC(CC(C)C(F)(F)F)c1ccc(C)cc1. The molecular weight excluding hydrogens is 419 g/mol. The summed E-state index contributed by atoms with van der Waals surface area (Å²) in [6, 6.07) is 7.02. The normalized spacial score (nSPS) is 18.0. The summed E-state index contributed by atoms with van der Waals surface area (Å²) in [5.41, 5.74) is 3.39. The second-order valence-electron chi connectivity index (χ2n) is 8.67. The molecule has 1 fully saturated rings. The number of allylic oxidation sites excluding steroid dienone is 1. The fourth-order valence-corrected chi connectivity index (χ4v) is 3.56. The van der Waals surface area contributed by atoms with E-state index in [1.807, 2.05) is 45.0 Å². The van der Waals surface area contributed by atoms with Crippen LogP contribution >= 0.6 is 0 Å². The van der Waals surface area contributed by atoms with Crippen molar-refractivity contribution in [3.63, 3.8) is 0 Å². The van der Waals surface area contributed by atoms with Crippen molar-refractivity contribution in [3.05, 3.63) is 46.7 Å². The first kappa shape index (κ1) is 26.2. The lowest BCUT2D eigenvalue weighted by atomic mass is 9.94. The number of halogens is 3. The second-order valence-corrected chi connectivity index (χ2v) is 8.67. The van der Waals surface area contributed by atoms with E-state index >= 15 is 0 Å². The van der Waals surface area contributed by atoms with Crippen molar-refractivity contribution in [3.8, 4) is 0 Å². The Bertz CT molecular complexity index is 757. The summed E-state index contributed by atoms with van der Waals surface area (Å²) in [5, 5.41) is 6.17. The van der Waals surface area contributed by atoms with Crippen LogP contribution in [0.3, 0.4) is 0 Å². The molecule has 0 aromatic heterocycles. The Morgan fingerprint density at radius 3 is 2.38 bits per heavy atom. The van der Waals surface area contributed by atoms with Gasteiger partial charge in [0.2, 0.25) is 5.91 Å². The summed E-state index contributed by atoms with van der Waals surface area (Å²) in [4.78, 5) is 14.6. The van der Waals surface area contributed by atoms with Crippen LogP contribution in [-0.4, -0.2) is 56.4 Å². The number of rotatable bonds is 10. The molecule has 1 heterocycles. The molecule has 180 valence electrons.